The van der Waals surface area contributed by atoms with Gasteiger partial charge in [0, 0.05) is 41.7 Å². The Morgan fingerprint density at radius 3 is 2.60 bits per heavy atom. The molecule has 3 aromatic carbocycles. The van der Waals surface area contributed by atoms with E-state index < -0.39 is 0 Å². The number of imidazole rings is 1. The fourth-order valence-electron chi connectivity index (χ4n) is 3.55. The molecular weight excluding hydrogens is 390 g/mol. The topological polar surface area (TPSA) is 46.9 Å². The molecule has 0 aliphatic heterocycles. The van der Waals surface area contributed by atoms with Gasteiger partial charge in [-0.2, -0.15) is 0 Å². The average Bonchev–Trinajstić information content (AvgIpc) is 3.26. The highest BCUT2D eigenvalue weighted by Gasteiger charge is 2.13. The van der Waals surface area contributed by atoms with Crippen molar-refractivity contribution >= 4 is 34.1 Å². The van der Waals surface area contributed by atoms with Crippen LogP contribution in [-0.4, -0.2) is 20.7 Å². The van der Waals surface area contributed by atoms with Gasteiger partial charge in [-0.15, -0.1) is 11.8 Å². The van der Waals surface area contributed by atoms with E-state index in [0.29, 0.717) is 5.25 Å². The van der Waals surface area contributed by atoms with Crippen LogP contribution in [0.2, 0.25) is 0 Å². The Balaban J connectivity index is 1.45. The normalized spacial score (nSPS) is 12.0. The molecule has 0 bridgehead atoms. The highest BCUT2D eigenvalue weighted by molar-refractivity contribution is 8.00. The minimum atomic E-state index is -0.0521. The largest absolute Gasteiger partial charge is 0.336 e. The minimum Gasteiger partial charge on any atom is -0.336 e. The van der Waals surface area contributed by atoms with Crippen LogP contribution in [0.1, 0.15) is 18.9 Å². The molecule has 0 saturated heterocycles. The number of nitrogens with one attached hydrogen (secondary N) is 1. The summed E-state index contributed by atoms with van der Waals surface area (Å²) in [5, 5.41) is 5.81. The molecule has 30 heavy (non-hydrogen) atoms. The van der Waals surface area contributed by atoms with E-state index in [1.54, 1.807) is 0 Å². The monoisotopic (exact) mass is 415 g/mol. The number of hydrogen-bond donors (Lipinski definition) is 1. The van der Waals surface area contributed by atoms with Gasteiger partial charge in [0.25, 0.3) is 0 Å². The zero-order chi connectivity index (χ0) is 20.8. The lowest BCUT2D eigenvalue weighted by molar-refractivity contribution is -0.114. The second-order valence-corrected chi connectivity index (χ2v) is 8.80. The fourth-order valence-corrected chi connectivity index (χ4v) is 4.71. The average molecular weight is 416 g/mol. The zero-order valence-electron chi connectivity index (χ0n) is 17.0. The van der Waals surface area contributed by atoms with Gasteiger partial charge in [0.1, 0.15) is 0 Å². The minimum absolute atomic E-state index is 0.0521. The molecule has 5 heteroatoms. The summed E-state index contributed by atoms with van der Waals surface area (Å²) >= 11 is 1.88. The van der Waals surface area contributed by atoms with Gasteiger partial charge in [-0.25, -0.2) is 4.98 Å². The van der Waals surface area contributed by atoms with Crippen LogP contribution in [0.4, 0.5) is 5.69 Å². The molecule has 4 aromatic rings. The van der Waals surface area contributed by atoms with Gasteiger partial charge < -0.3 is 9.88 Å². The van der Waals surface area contributed by atoms with E-state index >= 15 is 0 Å². The highest BCUT2D eigenvalue weighted by Crippen LogP contribution is 2.29. The number of aryl methyl sites for hydroxylation is 1. The van der Waals surface area contributed by atoms with Crippen molar-refractivity contribution in [3.05, 3.63) is 91.0 Å². The van der Waals surface area contributed by atoms with Crippen LogP contribution < -0.4 is 5.32 Å². The molecule has 0 fully saturated rings. The molecule has 1 aromatic heterocycles. The summed E-state index contributed by atoms with van der Waals surface area (Å²) in [5.74, 6) is -0.0521. The lowest BCUT2D eigenvalue weighted by Gasteiger charge is -2.18. The third kappa shape index (κ3) is 5.51. The maximum atomic E-state index is 11.2. The fraction of sp³-hybridized carbons (Fsp3) is 0.200. The number of rotatable bonds is 8. The van der Waals surface area contributed by atoms with E-state index in [9.17, 15) is 4.79 Å². The van der Waals surface area contributed by atoms with E-state index in [2.05, 4.69) is 69.5 Å². The molecule has 4 rings (SSSR count). The van der Waals surface area contributed by atoms with Crippen molar-refractivity contribution in [2.75, 3.05) is 5.32 Å². The van der Waals surface area contributed by atoms with Gasteiger partial charge in [0.05, 0.1) is 6.33 Å². The number of carbonyl (C=O) groups is 1. The van der Waals surface area contributed by atoms with Crippen LogP contribution >= 0.6 is 11.8 Å². The van der Waals surface area contributed by atoms with Gasteiger partial charge in [0.15, 0.2) is 0 Å². The SMILES string of the molecule is CC(=O)Nc1ccc(SC(CCc2ccc3ccccc3c2)Cn2ccnc2)cc1. The first kappa shape index (κ1) is 20.2. The zero-order valence-corrected chi connectivity index (χ0v) is 17.8. The van der Waals surface area contributed by atoms with Gasteiger partial charge in [-0.1, -0.05) is 42.5 Å². The number of carbonyl (C=O) groups excluding carboxylic acids is 1. The molecule has 0 aliphatic rings. The summed E-state index contributed by atoms with van der Waals surface area (Å²) in [6.07, 6.45) is 7.82. The van der Waals surface area contributed by atoms with Crippen molar-refractivity contribution in [1.82, 2.24) is 9.55 Å². The van der Waals surface area contributed by atoms with Gasteiger partial charge >= 0.3 is 0 Å². The maximum Gasteiger partial charge on any atom is 0.221 e. The van der Waals surface area contributed by atoms with Gasteiger partial charge in [-0.05, 0) is 53.4 Å². The number of anilines is 1. The smallest absolute Gasteiger partial charge is 0.221 e. The molecule has 1 heterocycles. The Hall–Kier alpha value is -3.05. The third-order valence-electron chi connectivity index (χ3n) is 5.02. The van der Waals surface area contributed by atoms with Crippen LogP contribution in [-0.2, 0) is 17.8 Å². The molecule has 1 unspecified atom stereocenters. The Morgan fingerprint density at radius 1 is 1.07 bits per heavy atom. The van der Waals surface area contributed by atoms with Gasteiger partial charge in [-0.3, -0.25) is 4.79 Å². The summed E-state index contributed by atoms with van der Waals surface area (Å²) in [7, 11) is 0. The Kier molecular flexibility index (Phi) is 6.50. The van der Waals surface area contributed by atoms with Crippen molar-refractivity contribution in [2.45, 2.75) is 36.5 Å². The molecule has 4 nitrogen and oxygen atoms in total. The molecule has 0 saturated carbocycles. The van der Waals surface area contributed by atoms with Crippen molar-refractivity contribution in [3.8, 4) is 0 Å². The van der Waals surface area contributed by atoms with Crippen LogP contribution in [0.15, 0.2) is 90.3 Å². The number of fused-ring (bicyclic) bond motifs is 1. The molecule has 0 radical (unpaired) electrons. The van der Waals surface area contributed by atoms with E-state index in [1.807, 2.05) is 42.6 Å². The molecule has 0 spiro atoms. The molecule has 1 N–H and O–H groups in total. The third-order valence-corrected chi connectivity index (χ3v) is 6.28. The molecule has 1 amide bonds. The number of amides is 1. The summed E-state index contributed by atoms with van der Waals surface area (Å²) in [6.45, 7) is 2.43. The Morgan fingerprint density at radius 2 is 1.87 bits per heavy atom. The van der Waals surface area contributed by atoms with Gasteiger partial charge in [0.2, 0.25) is 5.91 Å². The van der Waals surface area contributed by atoms with Crippen molar-refractivity contribution < 1.29 is 4.79 Å². The van der Waals surface area contributed by atoms with E-state index in [0.717, 1.165) is 25.1 Å². The first-order chi connectivity index (χ1) is 14.7. The maximum absolute atomic E-state index is 11.2. The van der Waals surface area contributed by atoms with Crippen LogP contribution in [0.3, 0.4) is 0 Å². The van der Waals surface area contributed by atoms with Crippen molar-refractivity contribution in [1.29, 1.82) is 0 Å². The number of nitrogens with zero attached hydrogens (tertiary/aromatic N) is 2. The lowest BCUT2D eigenvalue weighted by atomic mass is 10.0. The summed E-state index contributed by atoms with van der Waals surface area (Å²) < 4.78 is 2.14. The quantitative estimate of drug-likeness (QED) is 0.371. The first-order valence-corrected chi connectivity index (χ1v) is 11.0. The van der Waals surface area contributed by atoms with E-state index in [-0.39, 0.29) is 5.91 Å². The van der Waals surface area contributed by atoms with Crippen LogP contribution in [0.5, 0.6) is 0 Å². The highest BCUT2D eigenvalue weighted by atomic mass is 32.2. The number of hydrogen-bond acceptors (Lipinski definition) is 3. The van der Waals surface area contributed by atoms with Crippen LogP contribution in [0, 0.1) is 0 Å². The standard InChI is InChI=1S/C25H25N3OS/c1-19(29)27-23-9-12-24(13-10-23)30-25(17-28-15-14-26-18-28)11-7-20-6-8-21-4-2-3-5-22(21)16-20/h2-6,8-10,12-16,18,25H,7,11,17H2,1H3,(H,27,29). The number of aromatic nitrogens is 2. The second-order valence-electron chi connectivity index (χ2n) is 7.43. The van der Waals surface area contributed by atoms with Crippen LogP contribution in [0.25, 0.3) is 10.8 Å². The van der Waals surface area contributed by atoms with Crippen molar-refractivity contribution in [2.24, 2.45) is 0 Å². The predicted molar refractivity (Wildman–Crippen MR) is 125 cm³/mol. The lowest BCUT2D eigenvalue weighted by Crippen LogP contribution is -2.13. The predicted octanol–water partition coefficient (Wildman–Crippen LogP) is 5.79. The Labute approximate surface area is 181 Å². The number of thioether (sulfide) groups is 1. The van der Waals surface area contributed by atoms with Crippen molar-refractivity contribution in [3.63, 3.8) is 0 Å². The Bertz CT molecular complexity index is 1110. The molecule has 0 aliphatic carbocycles. The second kappa shape index (κ2) is 9.63. The first-order valence-electron chi connectivity index (χ1n) is 10.1. The molecule has 152 valence electrons. The molecule has 1 atom stereocenters. The summed E-state index contributed by atoms with van der Waals surface area (Å²) in [4.78, 5) is 16.6. The van der Waals surface area contributed by atoms with E-state index in [4.69, 9.17) is 0 Å². The summed E-state index contributed by atoms with van der Waals surface area (Å²) in [5.41, 5.74) is 2.19. The molecular formula is C25H25N3OS. The summed E-state index contributed by atoms with van der Waals surface area (Å²) in [6, 6.07) is 23.3. The van der Waals surface area contributed by atoms with E-state index in [1.165, 1.54) is 28.2 Å². The number of benzene rings is 3.